The number of halogens is 1. The summed E-state index contributed by atoms with van der Waals surface area (Å²) in [5.74, 6) is -0.115. The Morgan fingerprint density at radius 3 is 2.58 bits per heavy atom. The van der Waals surface area contributed by atoms with Crippen LogP contribution in [0.5, 0.6) is 0 Å². The minimum Gasteiger partial charge on any atom is -0.312 e. The van der Waals surface area contributed by atoms with E-state index in [2.05, 4.69) is 15.1 Å². The summed E-state index contributed by atoms with van der Waals surface area (Å²) < 4.78 is 1.54. The van der Waals surface area contributed by atoms with Gasteiger partial charge in [-0.25, -0.2) is 14.6 Å². The molecule has 0 spiro atoms. The molecule has 0 saturated heterocycles. The predicted octanol–water partition coefficient (Wildman–Crippen LogP) is 2.02. The zero-order valence-corrected chi connectivity index (χ0v) is 12.2. The molecule has 0 unspecified atom stereocenters. The van der Waals surface area contributed by atoms with Gasteiger partial charge in [-0.15, -0.1) is 0 Å². The molecule has 0 saturated carbocycles. The van der Waals surface area contributed by atoms with E-state index in [0.717, 1.165) is 0 Å². The lowest BCUT2D eigenvalue weighted by molar-refractivity contribution is -0.116. The van der Waals surface area contributed by atoms with Crippen molar-refractivity contribution in [3.8, 4) is 5.69 Å². The normalized spacial score (nSPS) is 10.5. The van der Waals surface area contributed by atoms with E-state index in [1.165, 1.54) is 23.6 Å². The Balaban J connectivity index is 2.35. The van der Waals surface area contributed by atoms with Gasteiger partial charge < -0.3 is 4.90 Å². The third-order valence-corrected chi connectivity index (χ3v) is 3.39. The quantitative estimate of drug-likeness (QED) is 0.640. The molecule has 0 aliphatic rings. The SMILES string of the molecule is CSc1ncc(-n2cc(N(C)C(C)=O)c(Cl)n2)cn1. The van der Waals surface area contributed by atoms with Crippen molar-refractivity contribution in [1.29, 1.82) is 0 Å². The molecule has 2 heterocycles. The van der Waals surface area contributed by atoms with Gasteiger partial charge in [0, 0.05) is 14.0 Å². The minimum absolute atomic E-state index is 0.115. The highest BCUT2D eigenvalue weighted by atomic mass is 35.5. The zero-order chi connectivity index (χ0) is 14.0. The summed E-state index contributed by atoms with van der Waals surface area (Å²) in [6.45, 7) is 1.46. The van der Waals surface area contributed by atoms with E-state index in [4.69, 9.17) is 11.6 Å². The summed E-state index contributed by atoms with van der Waals surface area (Å²) in [5, 5.41) is 5.08. The maximum Gasteiger partial charge on any atom is 0.223 e. The molecule has 19 heavy (non-hydrogen) atoms. The molecule has 2 aromatic heterocycles. The summed E-state index contributed by atoms with van der Waals surface area (Å²) in [7, 11) is 1.64. The molecule has 0 aliphatic heterocycles. The second kappa shape index (κ2) is 5.58. The average molecular weight is 298 g/mol. The van der Waals surface area contributed by atoms with Crippen molar-refractivity contribution in [3.05, 3.63) is 23.7 Å². The van der Waals surface area contributed by atoms with Gasteiger partial charge in [0.25, 0.3) is 0 Å². The first kappa shape index (κ1) is 13.8. The Morgan fingerprint density at radius 1 is 1.42 bits per heavy atom. The van der Waals surface area contributed by atoms with Crippen LogP contribution in [0.25, 0.3) is 5.69 Å². The van der Waals surface area contributed by atoms with Crippen molar-refractivity contribution in [2.45, 2.75) is 12.1 Å². The third kappa shape index (κ3) is 2.87. The fraction of sp³-hybridized carbons (Fsp3) is 0.273. The highest BCUT2D eigenvalue weighted by Gasteiger charge is 2.15. The number of hydrogen-bond donors (Lipinski definition) is 0. The van der Waals surface area contributed by atoms with Crippen molar-refractivity contribution in [3.63, 3.8) is 0 Å². The molecule has 2 rings (SSSR count). The number of carbonyl (C=O) groups is 1. The number of hydrogen-bond acceptors (Lipinski definition) is 5. The summed E-state index contributed by atoms with van der Waals surface area (Å²) in [6, 6.07) is 0. The van der Waals surface area contributed by atoms with Crippen LogP contribution in [0.1, 0.15) is 6.92 Å². The Labute approximate surface area is 119 Å². The lowest BCUT2D eigenvalue weighted by Gasteiger charge is -2.11. The van der Waals surface area contributed by atoms with Crippen LogP contribution in [-0.2, 0) is 4.79 Å². The standard InChI is InChI=1S/C11H12ClN5OS/c1-7(18)16(2)9-6-17(15-10(9)12)8-4-13-11(19-3)14-5-8/h4-6H,1-3H3. The van der Waals surface area contributed by atoms with E-state index in [1.807, 2.05) is 6.26 Å². The van der Waals surface area contributed by atoms with E-state index in [-0.39, 0.29) is 11.1 Å². The topological polar surface area (TPSA) is 63.9 Å². The van der Waals surface area contributed by atoms with Gasteiger partial charge in [-0.05, 0) is 6.26 Å². The Kier molecular flexibility index (Phi) is 4.06. The van der Waals surface area contributed by atoms with E-state index in [1.54, 1.807) is 30.3 Å². The summed E-state index contributed by atoms with van der Waals surface area (Å²) in [6.07, 6.45) is 6.88. The van der Waals surface area contributed by atoms with Crippen LogP contribution in [0, 0.1) is 0 Å². The van der Waals surface area contributed by atoms with Crippen LogP contribution in [-0.4, -0.2) is 39.0 Å². The molecular formula is C11H12ClN5OS. The van der Waals surface area contributed by atoms with Crippen LogP contribution < -0.4 is 4.90 Å². The molecule has 0 aliphatic carbocycles. The lowest BCUT2D eigenvalue weighted by Crippen LogP contribution is -2.22. The van der Waals surface area contributed by atoms with Crippen LogP contribution in [0.4, 0.5) is 5.69 Å². The predicted molar refractivity (Wildman–Crippen MR) is 75.0 cm³/mol. The largest absolute Gasteiger partial charge is 0.312 e. The molecule has 0 N–H and O–H groups in total. The fourth-order valence-electron chi connectivity index (χ4n) is 1.40. The molecule has 0 aromatic carbocycles. The maximum atomic E-state index is 11.3. The molecule has 0 fully saturated rings. The molecule has 0 radical (unpaired) electrons. The van der Waals surface area contributed by atoms with Crippen molar-refractivity contribution < 1.29 is 4.79 Å². The second-order valence-electron chi connectivity index (χ2n) is 3.76. The number of thioether (sulfide) groups is 1. The highest BCUT2D eigenvalue weighted by molar-refractivity contribution is 7.98. The van der Waals surface area contributed by atoms with Gasteiger partial charge >= 0.3 is 0 Å². The van der Waals surface area contributed by atoms with Crippen molar-refractivity contribution in [2.75, 3.05) is 18.2 Å². The van der Waals surface area contributed by atoms with Gasteiger partial charge in [0.2, 0.25) is 5.91 Å². The van der Waals surface area contributed by atoms with Gasteiger partial charge in [-0.2, -0.15) is 5.10 Å². The zero-order valence-electron chi connectivity index (χ0n) is 10.7. The van der Waals surface area contributed by atoms with Crippen molar-refractivity contribution in [2.24, 2.45) is 0 Å². The van der Waals surface area contributed by atoms with E-state index in [9.17, 15) is 4.79 Å². The first-order valence-corrected chi connectivity index (χ1v) is 6.99. The number of carbonyl (C=O) groups excluding carboxylic acids is 1. The molecule has 2 aromatic rings. The van der Waals surface area contributed by atoms with Crippen molar-refractivity contribution in [1.82, 2.24) is 19.7 Å². The molecule has 0 atom stereocenters. The molecule has 6 nitrogen and oxygen atoms in total. The smallest absolute Gasteiger partial charge is 0.223 e. The Hall–Kier alpha value is -1.60. The summed E-state index contributed by atoms with van der Waals surface area (Å²) in [5.41, 5.74) is 1.23. The lowest BCUT2D eigenvalue weighted by atomic mass is 10.4. The number of nitrogens with zero attached hydrogens (tertiary/aromatic N) is 5. The highest BCUT2D eigenvalue weighted by Crippen LogP contribution is 2.25. The van der Waals surface area contributed by atoms with E-state index in [0.29, 0.717) is 16.5 Å². The summed E-state index contributed by atoms with van der Waals surface area (Å²) >= 11 is 7.48. The number of rotatable bonds is 3. The van der Waals surface area contributed by atoms with Crippen molar-refractivity contribution >= 4 is 35.0 Å². The number of amides is 1. The van der Waals surface area contributed by atoms with Crippen LogP contribution in [0.3, 0.4) is 0 Å². The monoisotopic (exact) mass is 297 g/mol. The number of anilines is 1. The Bertz CT molecular complexity index is 598. The summed E-state index contributed by atoms with van der Waals surface area (Å²) in [4.78, 5) is 21.1. The van der Waals surface area contributed by atoms with Crippen LogP contribution in [0.15, 0.2) is 23.7 Å². The van der Waals surface area contributed by atoms with Gasteiger partial charge in [0.1, 0.15) is 11.4 Å². The third-order valence-electron chi connectivity index (χ3n) is 2.55. The Morgan fingerprint density at radius 2 is 2.05 bits per heavy atom. The minimum atomic E-state index is -0.115. The molecule has 1 amide bonds. The van der Waals surface area contributed by atoms with Gasteiger partial charge in [-0.3, -0.25) is 4.79 Å². The fourth-order valence-corrected chi connectivity index (χ4v) is 1.98. The first-order chi connectivity index (χ1) is 9.02. The first-order valence-electron chi connectivity index (χ1n) is 5.38. The van der Waals surface area contributed by atoms with Gasteiger partial charge in [-0.1, -0.05) is 23.4 Å². The second-order valence-corrected chi connectivity index (χ2v) is 4.89. The van der Waals surface area contributed by atoms with Gasteiger partial charge in [0.15, 0.2) is 10.3 Å². The van der Waals surface area contributed by atoms with E-state index < -0.39 is 0 Å². The van der Waals surface area contributed by atoms with Crippen LogP contribution >= 0.6 is 23.4 Å². The average Bonchev–Trinajstić information content (AvgIpc) is 2.80. The maximum absolute atomic E-state index is 11.3. The number of aromatic nitrogens is 4. The van der Waals surface area contributed by atoms with E-state index >= 15 is 0 Å². The van der Waals surface area contributed by atoms with Gasteiger partial charge in [0.05, 0.1) is 18.6 Å². The molecule has 8 heteroatoms. The molecular weight excluding hydrogens is 286 g/mol. The molecule has 100 valence electrons. The molecule has 0 bridgehead atoms. The van der Waals surface area contributed by atoms with Crippen LogP contribution in [0.2, 0.25) is 5.15 Å².